The number of carbonyl (C=O) groups excluding carboxylic acids is 2. The van der Waals surface area contributed by atoms with E-state index in [0.717, 1.165) is 18.4 Å². The fraction of sp³-hybridized carbons (Fsp3) is 0.389. The summed E-state index contributed by atoms with van der Waals surface area (Å²) in [5.74, 6) is -0.202. The first kappa shape index (κ1) is 17.6. The quantitative estimate of drug-likeness (QED) is 0.595. The molecule has 1 atom stereocenters. The van der Waals surface area contributed by atoms with Gasteiger partial charge in [0.1, 0.15) is 5.56 Å². The minimum atomic E-state index is -0.621. The molecule has 1 aromatic rings. The second-order valence-electron chi connectivity index (χ2n) is 6.56. The van der Waals surface area contributed by atoms with Crippen molar-refractivity contribution >= 4 is 23.3 Å². The third-order valence-electron chi connectivity index (χ3n) is 4.55. The summed E-state index contributed by atoms with van der Waals surface area (Å²) in [6.07, 6.45) is 5.72. The highest BCUT2D eigenvalue weighted by Gasteiger charge is 2.33. The molecule has 1 aromatic heterocycles. The van der Waals surface area contributed by atoms with E-state index in [0.29, 0.717) is 30.2 Å². The lowest BCUT2D eigenvalue weighted by atomic mass is 10.1. The van der Waals surface area contributed by atoms with E-state index in [4.69, 9.17) is 11.0 Å². The minimum Gasteiger partial charge on any atom is -0.365 e. The van der Waals surface area contributed by atoms with Crippen molar-refractivity contribution < 1.29 is 9.59 Å². The predicted molar refractivity (Wildman–Crippen MR) is 95.7 cm³/mol. The van der Waals surface area contributed by atoms with Crippen LogP contribution in [0.2, 0.25) is 0 Å². The summed E-state index contributed by atoms with van der Waals surface area (Å²) in [5.41, 5.74) is 7.41. The highest BCUT2D eigenvalue weighted by molar-refractivity contribution is 6.05. The molecule has 26 heavy (non-hydrogen) atoms. The van der Waals surface area contributed by atoms with Gasteiger partial charge in [-0.25, -0.2) is 4.99 Å². The van der Waals surface area contributed by atoms with Gasteiger partial charge in [0, 0.05) is 24.0 Å². The van der Waals surface area contributed by atoms with Gasteiger partial charge < -0.3 is 11.1 Å². The molecule has 2 fully saturated rings. The molecule has 1 saturated heterocycles. The highest BCUT2D eigenvalue weighted by atomic mass is 16.2. The van der Waals surface area contributed by atoms with Crippen LogP contribution >= 0.6 is 0 Å². The van der Waals surface area contributed by atoms with Gasteiger partial charge in [-0.1, -0.05) is 6.58 Å². The smallest absolute Gasteiger partial charge is 0.254 e. The van der Waals surface area contributed by atoms with Crippen molar-refractivity contribution in [2.24, 2.45) is 16.6 Å². The van der Waals surface area contributed by atoms with E-state index in [9.17, 15) is 9.59 Å². The maximum absolute atomic E-state index is 11.8. The van der Waals surface area contributed by atoms with Crippen molar-refractivity contribution in [2.75, 3.05) is 6.54 Å². The van der Waals surface area contributed by atoms with Crippen LogP contribution in [0.1, 0.15) is 42.6 Å². The normalized spacial score (nSPS) is 20.2. The Balaban J connectivity index is 1.92. The number of allylic oxidation sites excluding steroid dienone is 1. The van der Waals surface area contributed by atoms with Crippen molar-refractivity contribution in [2.45, 2.75) is 32.2 Å². The number of amides is 2. The number of nitriles is 1. The Morgan fingerprint density at radius 3 is 2.92 bits per heavy atom. The number of nitrogens with one attached hydrogen (secondary N) is 1. The molecule has 2 aliphatic rings. The minimum absolute atomic E-state index is 0.0721. The van der Waals surface area contributed by atoms with Gasteiger partial charge in [0.15, 0.2) is 5.82 Å². The van der Waals surface area contributed by atoms with Crippen LogP contribution in [0.25, 0.3) is 0 Å². The number of nitrogens with two attached hydrogens (primary N) is 1. The number of aliphatic imine (C=N–C) groups is 1. The van der Waals surface area contributed by atoms with E-state index in [1.54, 1.807) is 23.9 Å². The molecule has 2 amide bonds. The average molecular weight is 352 g/mol. The van der Waals surface area contributed by atoms with Crippen LogP contribution in [-0.4, -0.2) is 33.9 Å². The first-order chi connectivity index (χ1) is 12.4. The Labute approximate surface area is 151 Å². The summed E-state index contributed by atoms with van der Waals surface area (Å²) in [5, 5.41) is 16.1. The van der Waals surface area contributed by atoms with Crippen molar-refractivity contribution in [1.82, 2.24) is 15.1 Å². The van der Waals surface area contributed by atoms with Gasteiger partial charge in [-0.15, -0.1) is 0 Å². The van der Waals surface area contributed by atoms with Crippen molar-refractivity contribution in [3.63, 3.8) is 0 Å². The SMILES string of the molecule is C=C1C(=O)NC/C1=C/C(C)=Nc1nn(C(CC#N)C2CC2)cc1C(N)=O. The molecule has 0 aromatic carbocycles. The van der Waals surface area contributed by atoms with Gasteiger partial charge in [0.2, 0.25) is 0 Å². The largest absolute Gasteiger partial charge is 0.365 e. The molecule has 8 nitrogen and oxygen atoms in total. The second-order valence-corrected chi connectivity index (χ2v) is 6.56. The molecule has 0 spiro atoms. The van der Waals surface area contributed by atoms with Crippen LogP contribution in [0.15, 0.2) is 35.0 Å². The van der Waals surface area contributed by atoms with Crippen LogP contribution in [0.5, 0.6) is 0 Å². The summed E-state index contributed by atoms with van der Waals surface area (Å²) in [4.78, 5) is 27.6. The molecule has 1 aliphatic heterocycles. The first-order valence-electron chi connectivity index (χ1n) is 8.40. The summed E-state index contributed by atoms with van der Waals surface area (Å²) in [7, 11) is 0. The number of primary amides is 1. The number of nitrogens with zero attached hydrogens (tertiary/aromatic N) is 4. The van der Waals surface area contributed by atoms with Crippen LogP contribution in [0.3, 0.4) is 0 Å². The molecular formula is C18H20N6O2. The third-order valence-corrected chi connectivity index (χ3v) is 4.55. The first-order valence-corrected chi connectivity index (χ1v) is 8.40. The average Bonchev–Trinajstić information content (AvgIpc) is 3.28. The van der Waals surface area contributed by atoms with Crippen molar-refractivity contribution in [1.29, 1.82) is 5.26 Å². The Hall–Kier alpha value is -3.21. The van der Waals surface area contributed by atoms with Crippen LogP contribution in [0, 0.1) is 17.2 Å². The molecule has 8 heteroatoms. The molecule has 3 N–H and O–H groups in total. The van der Waals surface area contributed by atoms with Gasteiger partial charge in [0.05, 0.1) is 18.5 Å². The zero-order chi connectivity index (χ0) is 18.8. The predicted octanol–water partition coefficient (Wildman–Crippen LogP) is 1.55. The third kappa shape index (κ3) is 3.57. The monoisotopic (exact) mass is 352 g/mol. The number of rotatable bonds is 6. The van der Waals surface area contributed by atoms with E-state index in [1.165, 1.54) is 0 Å². The summed E-state index contributed by atoms with van der Waals surface area (Å²) >= 11 is 0. The van der Waals surface area contributed by atoms with E-state index < -0.39 is 5.91 Å². The zero-order valence-corrected chi connectivity index (χ0v) is 14.5. The number of hydrogen-bond donors (Lipinski definition) is 2. The number of aromatic nitrogens is 2. The molecule has 2 heterocycles. The number of carbonyl (C=O) groups is 2. The maximum Gasteiger partial charge on any atom is 0.254 e. The molecule has 3 rings (SSSR count). The fourth-order valence-electron chi connectivity index (χ4n) is 2.98. The lowest BCUT2D eigenvalue weighted by Gasteiger charge is -2.12. The second kappa shape index (κ2) is 6.96. The van der Waals surface area contributed by atoms with Crippen LogP contribution in [0.4, 0.5) is 5.82 Å². The van der Waals surface area contributed by atoms with Gasteiger partial charge in [-0.2, -0.15) is 10.4 Å². The van der Waals surface area contributed by atoms with Crippen molar-refractivity contribution in [3.05, 3.63) is 35.6 Å². The molecule has 1 aliphatic carbocycles. The highest BCUT2D eigenvalue weighted by Crippen LogP contribution is 2.41. The Kier molecular flexibility index (Phi) is 4.71. The number of hydrogen-bond acceptors (Lipinski definition) is 5. The summed E-state index contributed by atoms with van der Waals surface area (Å²) < 4.78 is 1.64. The van der Waals surface area contributed by atoms with Gasteiger partial charge in [0.25, 0.3) is 11.8 Å². The van der Waals surface area contributed by atoms with Gasteiger partial charge in [-0.3, -0.25) is 14.3 Å². The maximum atomic E-state index is 11.8. The van der Waals surface area contributed by atoms with Crippen LogP contribution < -0.4 is 11.1 Å². The molecule has 134 valence electrons. The van der Waals surface area contributed by atoms with E-state index in [1.807, 2.05) is 0 Å². The molecule has 0 radical (unpaired) electrons. The molecule has 1 unspecified atom stereocenters. The Morgan fingerprint density at radius 1 is 1.65 bits per heavy atom. The van der Waals surface area contributed by atoms with E-state index in [2.05, 4.69) is 28.1 Å². The Bertz CT molecular complexity index is 882. The fourth-order valence-corrected chi connectivity index (χ4v) is 2.98. The Morgan fingerprint density at radius 2 is 2.38 bits per heavy atom. The van der Waals surface area contributed by atoms with E-state index >= 15 is 0 Å². The van der Waals surface area contributed by atoms with Crippen LogP contribution in [-0.2, 0) is 4.79 Å². The van der Waals surface area contributed by atoms with Crippen molar-refractivity contribution in [3.8, 4) is 6.07 Å². The summed E-state index contributed by atoms with van der Waals surface area (Å²) in [6.45, 7) is 5.88. The standard InChI is InChI=1S/C18H20N6O2/c1-10(7-13-8-21-18(26)11(13)2)22-17-14(16(20)25)9-24(23-17)15(5-6-19)12-3-4-12/h7,9,12,15H,2-5,8H2,1H3,(H2,20,25)(H,21,26)/b13-7-,22-10?. The lowest BCUT2D eigenvalue weighted by molar-refractivity contribution is -0.116. The topological polar surface area (TPSA) is 126 Å². The molecule has 1 saturated carbocycles. The lowest BCUT2D eigenvalue weighted by Crippen LogP contribution is -2.13. The molecular weight excluding hydrogens is 332 g/mol. The van der Waals surface area contributed by atoms with E-state index in [-0.39, 0.29) is 23.3 Å². The summed E-state index contributed by atoms with van der Waals surface area (Å²) in [6, 6.07) is 2.10. The molecule has 0 bridgehead atoms. The van der Waals surface area contributed by atoms with Gasteiger partial charge >= 0.3 is 0 Å². The van der Waals surface area contributed by atoms with Gasteiger partial charge in [-0.05, 0) is 37.3 Å². The zero-order valence-electron chi connectivity index (χ0n) is 14.5.